The highest BCUT2D eigenvalue weighted by Crippen LogP contribution is 2.30. The Morgan fingerprint density at radius 1 is 1.67 bits per heavy atom. The van der Waals surface area contributed by atoms with Crippen molar-refractivity contribution in [2.24, 2.45) is 5.11 Å². The summed E-state index contributed by atoms with van der Waals surface area (Å²) in [6.07, 6.45) is 0.189. The third-order valence-corrected chi connectivity index (χ3v) is 3.02. The van der Waals surface area contributed by atoms with Crippen LogP contribution in [0.3, 0.4) is 0 Å². The lowest BCUT2D eigenvalue weighted by molar-refractivity contribution is -0.146. The van der Waals surface area contributed by atoms with Gasteiger partial charge in [-0.15, -0.1) is 0 Å². The number of nitrogens with zero attached hydrogens (tertiary/aromatic N) is 4. The summed E-state index contributed by atoms with van der Waals surface area (Å²) in [6.45, 7) is 1.18. The van der Waals surface area contributed by atoms with Crippen LogP contribution in [0.1, 0.15) is 19.6 Å². The minimum atomic E-state index is -0.703. The molecule has 1 aliphatic heterocycles. The van der Waals surface area contributed by atoms with Gasteiger partial charge in [0.15, 0.2) is 0 Å². The fourth-order valence-electron chi connectivity index (χ4n) is 2.08. The number of hydrogen-bond donors (Lipinski definition) is 1. The SMILES string of the molecule is CC(=O)OC[C@H]1O[C@@H](n2ccc(=O)[nH]c2=O)C[C@@H]1N=[N+]=[N-]. The minimum Gasteiger partial charge on any atom is -0.463 e. The van der Waals surface area contributed by atoms with E-state index in [2.05, 4.69) is 15.0 Å². The smallest absolute Gasteiger partial charge is 0.330 e. The minimum absolute atomic E-state index is 0.0758. The first-order chi connectivity index (χ1) is 10.0. The molecule has 0 bridgehead atoms. The summed E-state index contributed by atoms with van der Waals surface area (Å²) in [6, 6.07) is 0.616. The molecule has 0 amide bonds. The van der Waals surface area contributed by atoms with Gasteiger partial charge in [-0.25, -0.2) is 4.79 Å². The summed E-state index contributed by atoms with van der Waals surface area (Å²) in [5, 5.41) is 3.58. The van der Waals surface area contributed by atoms with E-state index < -0.39 is 35.6 Å². The first-order valence-corrected chi connectivity index (χ1v) is 6.15. The number of ether oxygens (including phenoxy) is 2. The maximum absolute atomic E-state index is 11.7. The van der Waals surface area contributed by atoms with Gasteiger partial charge in [0.05, 0.1) is 6.04 Å². The predicted octanol–water partition coefficient (Wildman–Crippen LogP) is 0.0661. The Morgan fingerprint density at radius 3 is 3.05 bits per heavy atom. The van der Waals surface area contributed by atoms with Crippen LogP contribution in [0.2, 0.25) is 0 Å². The monoisotopic (exact) mass is 295 g/mol. The Hall–Kier alpha value is -2.58. The molecular formula is C11H13N5O5. The molecule has 10 heteroatoms. The van der Waals surface area contributed by atoms with E-state index in [9.17, 15) is 14.4 Å². The predicted molar refractivity (Wildman–Crippen MR) is 69.4 cm³/mol. The molecule has 1 aromatic heterocycles. The Balaban J connectivity index is 2.19. The fraction of sp³-hybridized carbons (Fsp3) is 0.545. The van der Waals surface area contributed by atoms with Crippen molar-refractivity contribution in [2.75, 3.05) is 6.61 Å². The lowest BCUT2D eigenvalue weighted by Crippen LogP contribution is -2.32. The van der Waals surface area contributed by atoms with Crippen molar-refractivity contribution in [3.8, 4) is 0 Å². The van der Waals surface area contributed by atoms with Crippen LogP contribution in [0, 0.1) is 0 Å². The number of H-pyrrole nitrogens is 1. The maximum Gasteiger partial charge on any atom is 0.330 e. The van der Waals surface area contributed by atoms with Crippen LogP contribution in [-0.2, 0) is 14.3 Å². The number of rotatable bonds is 4. The van der Waals surface area contributed by atoms with Crippen LogP contribution in [0.15, 0.2) is 27.0 Å². The van der Waals surface area contributed by atoms with Crippen molar-refractivity contribution in [3.05, 3.63) is 43.5 Å². The molecule has 0 aromatic carbocycles. The zero-order valence-corrected chi connectivity index (χ0v) is 11.1. The van der Waals surface area contributed by atoms with Crippen LogP contribution < -0.4 is 11.2 Å². The number of carbonyl (C=O) groups excluding carboxylic acids is 1. The Bertz CT molecular complexity index is 689. The topological polar surface area (TPSA) is 139 Å². The number of carbonyl (C=O) groups is 1. The molecule has 0 spiro atoms. The Morgan fingerprint density at radius 2 is 2.43 bits per heavy atom. The number of aromatic nitrogens is 2. The molecule has 21 heavy (non-hydrogen) atoms. The van der Waals surface area contributed by atoms with Crippen LogP contribution in [-0.4, -0.2) is 34.3 Å². The standard InChI is InChI=1S/C11H13N5O5/c1-6(17)20-5-8-7(14-15-12)4-10(21-8)16-3-2-9(18)13-11(16)19/h2-3,7-8,10H,4-5H2,1H3,(H,13,18,19)/t7-,8+,10+/m0/s1. The number of hydrogen-bond acceptors (Lipinski definition) is 6. The van der Waals surface area contributed by atoms with Gasteiger partial charge in [0.1, 0.15) is 18.9 Å². The molecule has 1 fully saturated rings. The summed E-state index contributed by atoms with van der Waals surface area (Å²) in [4.78, 5) is 38.4. The van der Waals surface area contributed by atoms with Crippen molar-refractivity contribution >= 4 is 5.97 Å². The van der Waals surface area contributed by atoms with Gasteiger partial charge >= 0.3 is 11.7 Å². The highest BCUT2D eigenvalue weighted by Gasteiger charge is 2.36. The molecule has 2 heterocycles. The lowest BCUT2D eigenvalue weighted by atomic mass is 10.1. The molecule has 2 rings (SSSR count). The van der Waals surface area contributed by atoms with E-state index in [0.29, 0.717) is 0 Å². The molecule has 10 nitrogen and oxygen atoms in total. The van der Waals surface area contributed by atoms with Crippen molar-refractivity contribution in [3.63, 3.8) is 0 Å². The molecule has 0 unspecified atom stereocenters. The molecule has 0 aliphatic carbocycles. The third kappa shape index (κ3) is 3.50. The average Bonchev–Trinajstić information content (AvgIpc) is 2.80. The van der Waals surface area contributed by atoms with Gasteiger partial charge < -0.3 is 9.47 Å². The van der Waals surface area contributed by atoms with E-state index in [1.807, 2.05) is 0 Å². The molecule has 1 saturated heterocycles. The van der Waals surface area contributed by atoms with Gasteiger partial charge in [-0.05, 0) is 5.53 Å². The summed E-state index contributed by atoms with van der Waals surface area (Å²) in [7, 11) is 0. The summed E-state index contributed by atoms with van der Waals surface area (Å²) in [5.41, 5.74) is 7.41. The number of esters is 1. The molecule has 1 N–H and O–H groups in total. The molecule has 0 saturated carbocycles. The van der Waals surface area contributed by atoms with Gasteiger partial charge in [-0.2, -0.15) is 0 Å². The quantitative estimate of drug-likeness (QED) is 0.362. The number of aromatic amines is 1. The van der Waals surface area contributed by atoms with Crippen molar-refractivity contribution in [1.82, 2.24) is 9.55 Å². The fourth-order valence-corrected chi connectivity index (χ4v) is 2.08. The second-order valence-corrected chi connectivity index (χ2v) is 4.46. The third-order valence-electron chi connectivity index (χ3n) is 3.02. The average molecular weight is 295 g/mol. The molecule has 1 aromatic rings. The number of azide groups is 1. The van der Waals surface area contributed by atoms with Gasteiger partial charge in [-0.3, -0.25) is 19.1 Å². The first-order valence-electron chi connectivity index (χ1n) is 6.15. The van der Waals surface area contributed by atoms with Crippen molar-refractivity contribution in [1.29, 1.82) is 0 Å². The highest BCUT2D eigenvalue weighted by atomic mass is 16.6. The van der Waals surface area contributed by atoms with Gasteiger partial charge in [0.25, 0.3) is 5.56 Å². The second kappa shape index (κ2) is 6.25. The van der Waals surface area contributed by atoms with E-state index in [4.69, 9.17) is 15.0 Å². The van der Waals surface area contributed by atoms with Crippen molar-refractivity contribution < 1.29 is 14.3 Å². The Labute approximate surface area is 117 Å². The molecular weight excluding hydrogens is 282 g/mol. The summed E-state index contributed by atoms with van der Waals surface area (Å²) in [5.74, 6) is -0.483. The lowest BCUT2D eigenvalue weighted by Gasteiger charge is -2.15. The Kier molecular flexibility index (Phi) is 4.41. The second-order valence-electron chi connectivity index (χ2n) is 4.46. The van der Waals surface area contributed by atoms with Gasteiger partial charge in [-0.1, -0.05) is 5.11 Å². The van der Waals surface area contributed by atoms with E-state index in [-0.39, 0.29) is 13.0 Å². The van der Waals surface area contributed by atoms with E-state index in [1.165, 1.54) is 23.8 Å². The zero-order chi connectivity index (χ0) is 15.4. The van der Waals surface area contributed by atoms with E-state index in [1.54, 1.807) is 0 Å². The van der Waals surface area contributed by atoms with Crippen LogP contribution in [0.5, 0.6) is 0 Å². The zero-order valence-electron chi connectivity index (χ0n) is 11.1. The van der Waals surface area contributed by atoms with E-state index in [0.717, 1.165) is 0 Å². The highest BCUT2D eigenvalue weighted by molar-refractivity contribution is 5.65. The molecule has 112 valence electrons. The van der Waals surface area contributed by atoms with Crippen molar-refractivity contribution in [2.45, 2.75) is 31.7 Å². The van der Waals surface area contributed by atoms with E-state index >= 15 is 0 Å². The molecule has 1 aliphatic rings. The number of nitrogens with one attached hydrogen (secondary N) is 1. The molecule has 0 radical (unpaired) electrons. The molecule has 3 atom stereocenters. The largest absolute Gasteiger partial charge is 0.463 e. The van der Waals surface area contributed by atoms with Crippen LogP contribution in [0.25, 0.3) is 10.4 Å². The normalized spacial score (nSPS) is 24.3. The summed E-state index contributed by atoms with van der Waals surface area (Å²) < 4.78 is 11.6. The first kappa shape index (κ1) is 14.8. The van der Waals surface area contributed by atoms with Gasteiger partial charge in [0.2, 0.25) is 0 Å². The van der Waals surface area contributed by atoms with Crippen LogP contribution in [0.4, 0.5) is 0 Å². The van der Waals surface area contributed by atoms with Gasteiger partial charge in [0, 0.05) is 30.5 Å². The van der Waals surface area contributed by atoms with Crippen LogP contribution >= 0.6 is 0 Å². The summed E-state index contributed by atoms with van der Waals surface area (Å²) >= 11 is 0. The maximum atomic E-state index is 11.7.